The van der Waals surface area contributed by atoms with Crippen molar-refractivity contribution >= 4 is 116 Å². The second-order valence-electron chi connectivity index (χ2n) is 26.2. The molecule has 7 heterocycles. The number of carbonyl (C=O) groups is 8. The number of rotatable bonds is 13. The molecule has 11 bridgehead atoms. The summed E-state index contributed by atoms with van der Waals surface area (Å²) >= 11 is 14.1. The van der Waals surface area contributed by atoms with Crippen LogP contribution in [-0.4, -0.2) is 234 Å². The van der Waals surface area contributed by atoms with Crippen LogP contribution in [0.25, 0.3) is 11.1 Å². The van der Waals surface area contributed by atoms with Gasteiger partial charge in [0.05, 0.1) is 49.1 Å². The molecular formula is C66H76CaCl2N9O28P. The van der Waals surface area contributed by atoms with E-state index in [9.17, 15) is 75.0 Å². The predicted molar refractivity (Wildman–Crippen MR) is 365 cm³/mol. The van der Waals surface area contributed by atoms with Gasteiger partial charge in [-0.05, 0) is 110 Å². The van der Waals surface area contributed by atoms with Crippen molar-refractivity contribution in [2.75, 3.05) is 13.7 Å². The van der Waals surface area contributed by atoms with Crippen molar-refractivity contribution in [3.63, 3.8) is 0 Å². The van der Waals surface area contributed by atoms with Crippen LogP contribution in [0.2, 0.25) is 10.0 Å². The molecule has 5 aromatic carbocycles. The Morgan fingerprint density at radius 1 is 0.738 bits per heavy atom. The summed E-state index contributed by atoms with van der Waals surface area (Å²) in [5.74, 6) is -16.0. The fourth-order valence-corrected chi connectivity index (χ4v) is 12.9. The van der Waals surface area contributed by atoms with Gasteiger partial charge in [0, 0.05) is 34.7 Å². The number of aliphatic hydroxyl groups is 6. The Hall–Kier alpha value is -7.83. The smallest absolute Gasteiger partial charge is 0.790 e. The molecule has 41 heteroatoms. The first kappa shape index (κ1) is 84.8. The minimum atomic E-state index is -5.14. The number of amides is 7. The number of ether oxygens (including phenoxy) is 6. The van der Waals surface area contributed by atoms with Gasteiger partial charge in [0.1, 0.15) is 89.5 Å². The number of aliphatic hydroxyl groups excluding tert-OH is 6. The third-order valence-electron chi connectivity index (χ3n) is 17.8. The number of nitrogens with two attached hydrogens (primary N) is 2. The van der Waals surface area contributed by atoms with E-state index in [-0.39, 0.29) is 84.0 Å². The number of phenols is 3. The zero-order valence-electron chi connectivity index (χ0n) is 57.2. The SMILES string of the molecule is CN[C@H](CC(C)C)C(=O)N[C@H]1C(=O)N[C@@H](CC(N)=O)C(=O)N[C@H]2C(=O)N[C@H]3C(=O)N[C@H](C(=O)N[C@@H](C(=O)O)c4cc(O)cc(O)c4-c4cc3ccc4O)[C@H](O)c3ccc(c(Cl)c3)Oc3cc2cc(c3O[C@@H]2O[C@H](CO)[C@@H](O)[C@H](O)[C@H]2O[C@H]2C[C@](C)(N)C(O)[C@H](C)O2)Oc2ccc(cc2Cl)[C@H]1O.O=P([O-])([O-])O.[Ca+2]. The standard InChI is InChI=1S/C66H75Cl2N9O24.Ca.H3O4P/c1-23(2)12-34(71-5)58(88)76-49-51(83)26-7-10-38(32(67)14-26)97-40-16-28-17-41(55(40)101-65-56(54(86)53(85)42(22-78)99-65)100-44-21-66(4,70)57(87)24(3)96-44)98-39-11-8-27(15-33(39)68)52(84)50-63(93)75-48(64(94)95)31-18-29(79)19-37(81)45(31)30-13-25(6-9-36(30)80)46(60(90)77-50)74-61(91)47(28)73-59(89)35(20-43(69)82)72-62(49)92;;1-5(2,3)4/h6-11,13-19,23-24,34-35,42,44,46-54,56-57,65,71,78-81,83-87H,12,20-22,70H2,1-5H3,(H2,69,82)(H,72,92)(H,73,89)(H,74,91)(H,75,93)(H,76,88)(H,77,90)(H,94,95);;(H3,1,2,3,4)/q;+2;/p-2/t24-,34+,35-,42+,44-,46+,47+,48+,49+,50-,51+,52+,53+,54-,56+,57?,65-,66-;;/m0../s1. The number of phosphoric acid groups is 1. The minimum Gasteiger partial charge on any atom is -0.790 e. The molecule has 7 aliphatic rings. The topological polar surface area (TPSA) is 614 Å². The molecule has 5 aromatic rings. The quantitative estimate of drug-likeness (QED) is 0.0429. The fourth-order valence-electron chi connectivity index (χ4n) is 12.5. The molecule has 0 radical (unpaired) electrons. The molecule has 0 saturated carbocycles. The second kappa shape index (κ2) is 34.8. The van der Waals surface area contributed by atoms with E-state index in [2.05, 4.69) is 37.2 Å². The van der Waals surface area contributed by atoms with Crippen LogP contribution in [-0.2, 0) is 57.1 Å². The van der Waals surface area contributed by atoms with E-state index in [4.69, 9.17) is 82.3 Å². The van der Waals surface area contributed by atoms with Gasteiger partial charge >= 0.3 is 43.7 Å². The molecule has 7 amide bonds. The van der Waals surface area contributed by atoms with Crippen LogP contribution >= 0.6 is 31.0 Å². The Morgan fingerprint density at radius 2 is 1.31 bits per heavy atom. The predicted octanol–water partition coefficient (Wildman–Crippen LogP) is -2.47. The molecule has 0 aromatic heterocycles. The number of hydrogen-bond acceptors (Lipinski definition) is 28. The molecule has 37 nitrogen and oxygen atoms in total. The average Bonchev–Trinajstić information content (AvgIpc) is 0.767. The van der Waals surface area contributed by atoms with Gasteiger partial charge in [-0.1, -0.05) is 55.2 Å². The number of fused-ring (bicyclic) bond motifs is 15. The van der Waals surface area contributed by atoms with Crippen LogP contribution in [0.15, 0.2) is 78.9 Å². The summed E-state index contributed by atoms with van der Waals surface area (Å²) < 4.78 is 47.0. The number of phenolic OH excluding ortho intramolecular Hbond substituents is 3. The summed E-state index contributed by atoms with van der Waals surface area (Å²) in [6, 6.07) is -0.679. The van der Waals surface area contributed by atoms with Gasteiger partial charge in [-0.2, -0.15) is 0 Å². The number of likely N-dealkylation sites (N-methyl/N-ethyl adjacent to an activating group) is 1. The molecule has 574 valence electrons. The number of aliphatic carboxylic acids is 1. The number of hydrogen-bond donors (Lipinski definition) is 20. The van der Waals surface area contributed by atoms with Crippen molar-refractivity contribution < 1.29 is 137 Å². The monoisotopic (exact) mass is 1580 g/mol. The third-order valence-corrected chi connectivity index (χ3v) is 18.4. The number of aromatic hydroxyl groups is 3. The Bertz CT molecular complexity index is 4270. The number of carboxylic acids is 1. The van der Waals surface area contributed by atoms with Crippen LogP contribution < -0.4 is 72.7 Å². The van der Waals surface area contributed by atoms with Crippen molar-refractivity contribution in [1.29, 1.82) is 0 Å². The largest absolute Gasteiger partial charge is 2.00 e. The fraction of sp³-hybridized carbons (Fsp3) is 0.424. The van der Waals surface area contributed by atoms with Crippen LogP contribution in [0.1, 0.15) is 105 Å². The molecule has 18 atom stereocenters. The van der Waals surface area contributed by atoms with Gasteiger partial charge in [-0.15, -0.1) is 0 Å². The molecule has 0 aliphatic carbocycles. The Balaban J connectivity index is 0.00000233. The van der Waals surface area contributed by atoms with Crippen molar-refractivity contribution in [2.24, 2.45) is 17.4 Å². The van der Waals surface area contributed by atoms with E-state index < -0.39 is 245 Å². The van der Waals surface area contributed by atoms with Crippen molar-refractivity contribution in [3.05, 3.63) is 117 Å². The van der Waals surface area contributed by atoms with Gasteiger partial charge in [-0.3, -0.25) is 33.6 Å². The van der Waals surface area contributed by atoms with E-state index >= 15 is 14.4 Å². The number of primary amides is 1. The number of nitrogens with one attached hydrogen (secondary N) is 7. The summed E-state index contributed by atoms with van der Waals surface area (Å²) in [7, 11) is -3.67. The van der Waals surface area contributed by atoms with E-state index in [0.717, 1.165) is 66.7 Å². The Labute approximate surface area is 647 Å². The van der Waals surface area contributed by atoms with E-state index in [0.29, 0.717) is 0 Å². The van der Waals surface area contributed by atoms with E-state index in [1.165, 1.54) is 33.0 Å². The van der Waals surface area contributed by atoms with Crippen LogP contribution in [0, 0.1) is 5.92 Å². The molecular weight excluding hydrogens is 1510 g/mol. The van der Waals surface area contributed by atoms with Crippen LogP contribution in [0.5, 0.6) is 46.0 Å². The van der Waals surface area contributed by atoms with Crippen molar-refractivity contribution in [1.82, 2.24) is 37.2 Å². The average molecular weight is 1590 g/mol. The van der Waals surface area contributed by atoms with Gasteiger partial charge < -0.3 is 147 Å². The number of halogens is 2. The van der Waals surface area contributed by atoms with Crippen LogP contribution in [0.3, 0.4) is 0 Å². The molecule has 7 aliphatic heterocycles. The molecule has 1 unspecified atom stereocenters. The zero-order valence-corrected chi connectivity index (χ0v) is 61.8. The molecule has 2 saturated heterocycles. The normalized spacial score (nSPS) is 28.3. The Morgan fingerprint density at radius 3 is 1.86 bits per heavy atom. The van der Waals surface area contributed by atoms with E-state index in [1.807, 2.05) is 13.8 Å². The second-order valence-corrected chi connectivity index (χ2v) is 27.9. The van der Waals surface area contributed by atoms with Crippen LogP contribution in [0.4, 0.5) is 0 Å². The third kappa shape index (κ3) is 19.8. The maximum Gasteiger partial charge on any atom is 2.00 e. The minimum absolute atomic E-state index is 0. The number of carboxylic acid groups (broad SMARTS) is 1. The summed E-state index contributed by atoms with van der Waals surface area (Å²) in [5.41, 5.74) is 8.00. The summed E-state index contributed by atoms with van der Waals surface area (Å²) in [5, 5.41) is 131. The van der Waals surface area contributed by atoms with Gasteiger partial charge in [0.2, 0.25) is 53.4 Å². The first-order chi connectivity index (χ1) is 49.7. The summed E-state index contributed by atoms with van der Waals surface area (Å²) in [4.78, 5) is 141. The van der Waals surface area contributed by atoms with Crippen molar-refractivity contribution in [2.45, 2.75) is 156 Å². The molecule has 0 spiro atoms. The van der Waals surface area contributed by atoms with Gasteiger partial charge in [0.25, 0.3) is 0 Å². The summed E-state index contributed by atoms with van der Waals surface area (Å²) in [6.07, 6.45) is -18.6. The Kier molecular flexibility index (Phi) is 27.6. The molecule has 107 heavy (non-hydrogen) atoms. The maximum atomic E-state index is 16.0. The number of benzene rings is 5. The van der Waals surface area contributed by atoms with Crippen molar-refractivity contribution in [3.8, 4) is 57.1 Å². The first-order valence-electron chi connectivity index (χ1n) is 32.4. The molecule has 2 fully saturated rings. The maximum absolute atomic E-state index is 16.0. The molecule has 22 N–H and O–H groups in total. The summed E-state index contributed by atoms with van der Waals surface area (Å²) in [6.45, 7) is 5.66. The molecule has 12 rings (SSSR count). The van der Waals surface area contributed by atoms with E-state index in [1.54, 1.807) is 0 Å². The first-order valence-corrected chi connectivity index (χ1v) is 34.6. The van der Waals surface area contributed by atoms with Gasteiger partial charge in [-0.25, -0.2) is 4.79 Å². The number of carbonyl (C=O) groups excluding carboxylic acids is 7. The van der Waals surface area contributed by atoms with Gasteiger partial charge in [0.15, 0.2) is 29.9 Å². The zero-order chi connectivity index (χ0) is 78.0.